The molecule has 1 aromatic heterocycles. The number of fused-ring (bicyclic) bond motifs is 1. The van der Waals surface area contributed by atoms with Crippen LogP contribution in [0.4, 0.5) is 5.69 Å². The molecule has 0 unspecified atom stereocenters. The van der Waals surface area contributed by atoms with E-state index in [2.05, 4.69) is 14.7 Å². The molecule has 0 aliphatic rings. The van der Waals surface area contributed by atoms with E-state index in [-0.39, 0.29) is 22.8 Å². The minimum Gasteiger partial charge on any atom is -0.462 e. The quantitative estimate of drug-likeness (QED) is 0.692. The first-order valence-electron chi connectivity index (χ1n) is 7.23. The lowest BCUT2D eigenvalue weighted by Gasteiger charge is -2.12. The van der Waals surface area contributed by atoms with Crippen molar-refractivity contribution in [2.45, 2.75) is 11.8 Å². The Labute approximate surface area is 138 Å². The second-order valence-electron chi connectivity index (χ2n) is 4.95. The van der Waals surface area contributed by atoms with Gasteiger partial charge in [-0.15, -0.1) is 0 Å². The second kappa shape index (κ2) is 6.32. The van der Waals surface area contributed by atoms with Gasteiger partial charge in [0.25, 0.3) is 10.0 Å². The van der Waals surface area contributed by atoms with Crippen molar-refractivity contribution in [1.29, 1.82) is 0 Å². The molecule has 2 N–H and O–H groups in total. The van der Waals surface area contributed by atoms with Gasteiger partial charge in [-0.1, -0.05) is 12.1 Å². The van der Waals surface area contributed by atoms with Gasteiger partial charge in [0.1, 0.15) is 0 Å². The number of rotatable bonds is 5. The maximum absolute atomic E-state index is 12.6. The maximum atomic E-state index is 12.6. The van der Waals surface area contributed by atoms with Crippen LogP contribution in [0.2, 0.25) is 0 Å². The summed E-state index contributed by atoms with van der Waals surface area (Å²) in [5.41, 5.74) is 1.60. The molecule has 0 aliphatic carbocycles. The Kier molecular flexibility index (Phi) is 4.22. The average Bonchev–Trinajstić information content (AvgIpc) is 3.03. The van der Waals surface area contributed by atoms with E-state index < -0.39 is 16.0 Å². The minimum absolute atomic E-state index is 0.0675. The van der Waals surface area contributed by atoms with Crippen LogP contribution < -0.4 is 4.72 Å². The number of aromatic nitrogens is 2. The largest absolute Gasteiger partial charge is 0.462 e. The standard InChI is InChI=1S/C16H15N3O4S/c1-2-23-16(20)12-5-3-4-6-13(12)19-24(21,22)11-7-8-14-15(9-11)18-10-17-14/h3-10,19H,2H2,1H3,(H,17,18). The molecule has 0 amide bonds. The Hall–Kier alpha value is -2.87. The van der Waals surface area contributed by atoms with Gasteiger partial charge in [-0.25, -0.2) is 18.2 Å². The van der Waals surface area contributed by atoms with Crippen LogP contribution in [-0.2, 0) is 14.8 Å². The summed E-state index contributed by atoms with van der Waals surface area (Å²) in [4.78, 5) is 18.9. The fourth-order valence-electron chi connectivity index (χ4n) is 2.24. The number of hydrogen-bond acceptors (Lipinski definition) is 5. The van der Waals surface area contributed by atoms with Crippen LogP contribution in [0.1, 0.15) is 17.3 Å². The molecule has 124 valence electrons. The van der Waals surface area contributed by atoms with Crippen molar-refractivity contribution in [2.24, 2.45) is 0 Å². The molecular weight excluding hydrogens is 330 g/mol. The van der Waals surface area contributed by atoms with E-state index in [1.807, 2.05) is 0 Å². The normalized spacial score (nSPS) is 11.4. The van der Waals surface area contributed by atoms with Gasteiger partial charge >= 0.3 is 5.97 Å². The van der Waals surface area contributed by atoms with E-state index in [1.165, 1.54) is 30.6 Å². The Balaban J connectivity index is 1.96. The highest BCUT2D eigenvalue weighted by atomic mass is 32.2. The number of hydrogen-bond donors (Lipinski definition) is 2. The van der Waals surface area contributed by atoms with Crippen molar-refractivity contribution in [2.75, 3.05) is 11.3 Å². The number of ether oxygens (including phenoxy) is 1. The molecular formula is C16H15N3O4S. The molecule has 0 fully saturated rings. The lowest BCUT2D eigenvalue weighted by atomic mass is 10.2. The molecule has 7 nitrogen and oxygen atoms in total. The number of sulfonamides is 1. The van der Waals surface area contributed by atoms with Crippen molar-refractivity contribution in [3.05, 3.63) is 54.4 Å². The minimum atomic E-state index is -3.86. The van der Waals surface area contributed by atoms with Crippen molar-refractivity contribution in [3.8, 4) is 0 Å². The van der Waals surface area contributed by atoms with E-state index in [9.17, 15) is 13.2 Å². The van der Waals surface area contributed by atoms with Crippen molar-refractivity contribution in [3.63, 3.8) is 0 Å². The molecule has 3 aromatic rings. The summed E-state index contributed by atoms with van der Waals surface area (Å²) in [7, 11) is -3.86. The second-order valence-corrected chi connectivity index (χ2v) is 6.64. The SMILES string of the molecule is CCOC(=O)c1ccccc1NS(=O)(=O)c1ccc2nc[nH]c2c1. The molecule has 0 saturated heterocycles. The molecule has 0 bridgehead atoms. The summed E-state index contributed by atoms with van der Waals surface area (Å²) in [5, 5.41) is 0. The summed E-state index contributed by atoms with van der Waals surface area (Å²) in [6.07, 6.45) is 1.49. The third-order valence-electron chi connectivity index (χ3n) is 3.37. The highest BCUT2D eigenvalue weighted by molar-refractivity contribution is 7.92. The first-order valence-corrected chi connectivity index (χ1v) is 8.71. The number of aromatic amines is 1. The summed E-state index contributed by atoms with van der Waals surface area (Å²) in [6.45, 7) is 1.89. The predicted octanol–water partition coefficient (Wildman–Crippen LogP) is 2.54. The van der Waals surface area contributed by atoms with E-state index in [1.54, 1.807) is 25.1 Å². The van der Waals surface area contributed by atoms with Gasteiger partial charge in [0.05, 0.1) is 40.1 Å². The molecule has 0 atom stereocenters. The molecule has 0 spiro atoms. The first kappa shape index (κ1) is 16.0. The number of imidazole rings is 1. The zero-order chi connectivity index (χ0) is 17.2. The summed E-state index contributed by atoms with van der Waals surface area (Å²) < 4.78 is 32.6. The van der Waals surface area contributed by atoms with Crippen LogP contribution in [0.3, 0.4) is 0 Å². The summed E-state index contributed by atoms with van der Waals surface area (Å²) in [6, 6.07) is 10.8. The number of benzene rings is 2. The van der Waals surface area contributed by atoms with E-state index in [4.69, 9.17) is 4.74 Å². The molecule has 24 heavy (non-hydrogen) atoms. The van der Waals surface area contributed by atoms with Crippen LogP contribution >= 0.6 is 0 Å². The predicted molar refractivity (Wildman–Crippen MR) is 89.3 cm³/mol. The zero-order valence-corrected chi connectivity index (χ0v) is 13.6. The van der Waals surface area contributed by atoms with Gasteiger partial charge in [-0.05, 0) is 37.3 Å². The van der Waals surface area contributed by atoms with E-state index in [0.29, 0.717) is 11.0 Å². The Bertz CT molecular complexity index is 995. The molecule has 0 saturated carbocycles. The highest BCUT2D eigenvalue weighted by Gasteiger charge is 2.19. The monoisotopic (exact) mass is 345 g/mol. The third-order valence-corrected chi connectivity index (χ3v) is 4.73. The Morgan fingerprint density at radius 2 is 2.04 bits per heavy atom. The Morgan fingerprint density at radius 1 is 1.25 bits per heavy atom. The number of nitrogens with one attached hydrogen (secondary N) is 2. The van der Waals surface area contributed by atoms with Gasteiger partial charge in [-0.3, -0.25) is 4.72 Å². The number of H-pyrrole nitrogens is 1. The van der Waals surface area contributed by atoms with Crippen LogP contribution in [0.15, 0.2) is 53.7 Å². The maximum Gasteiger partial charge on any atom is 0.340 e. The number of anilines is 1. The third kappa shape index (κ3) is 3.09. The molecule has 1 heterocycles. The molecule has 0 aliphatic heterocycles. The average molecular weight is 345 g/mol. The molecule has 0 radical (unpaired) electrons. The number of carbonyl (C=O) groups excluding carboxylic acids is 1. The number of nitrogens with zero attached hydrogens (tertiary/aromatic N) is 1. The first-order chi connectivity index (χ1) is 11.5. The summed E-state index contributed by atoms with van der Waals surface area (Å²) in [5.74, 6) is -0.583. The van der Waals surface area contributed by atoms with Crippen molar-refractivity contribution < 1.29 is 17.9 Å². The van der Waals surface area contributed by atoms with Gasteiger partial charge < -0.3 is 9.72 Å². The highest BCUT2D eigenvalue weighted by Crippen LogP contribution is 2.22. The topological polar surface area (TPSA) is 101 Å². The van der Waals surface area contributed by atoms with Gasteiger partial charge in [0, 0.05) is 0 Å². The van der Waals surface area contributed by atoms with Crippen LogP contribution in [-0.4, -0.2) is 31.0 Å². The Morgan fingerprint density at radius 3 is 2.83 bits per heavy atom. The van der Waals surface area contributed by atoms with Crippen LogP contribution in [0.25, 0.3) is 11.0 Å². The van der Waals surface area contributed by atoms with Crippen LogP contribution in [0.5, 0.6) is 0 Å². The lowest BCUT2D eigenvalue weighted by molar-refractivity contribution is 0.0527. The van der Waals surface area contributed by atoms with E-state index >= 15 is 0 Å². The fraction of sp³-hybridized carbons (Fsp3) is 0.125. The smallest absolute Gasteiger partial charge is 0.340 e. The lowest BCUT2D eigenvalue weighted by Crippen LogP contribution is -2.16. The van der Waals surface area contributed by atoms with Crippen molar-refractivity contribution >= 4 is 32.7 Å². The molecule has 3 rings (SSSR count). The fourth-order valence-corrected chi connectivity index (χ4v) is 3.35. The molecule has 8 heteroatoms. The number of para-hydroxylation sites is 1. The zero-order valence-electron chi connectivity index (χ0n) is 12.8. The summed E-state index contributed by atoms with van der Waals surface area (Å²) >= 11 is 0. The van der Waals surface area contributed by atoms with Gasteiger partial charge in [-0.2, -0.15) is 0 Å². The van der Waals surface area contributed by atoms with E-state index in [0.717, 1.165) is 0 Å². The number of carbonyl (C=O) groups is 1. The van der Waals surface area contributed by atoms with Gasteiger partial charge in [0.15, 0.2) is 0 Å². The van der Waals surface area contributed by atoms with Crippen LogP contribution in [0, 0.1) is 0 Å². The molecule has 2 aromatic carbocycles. The van der Waals surface area contributed by atoms with Gasteiger partial charge in [0.2, 0.25) is 0 Å². The van der Waals surface area contributed by atoms with Crippen molar-refractivity contribution in [1.82, 2.24) is 9.97 Å². The number of esters is 1.